The number of anilines is 1. The summed E-state index contributed by atoms with van der Waals surface area (Å²) in [6.45, 7) is 0.629. The second-order valence-electron chi connectivity index (χ2n) is 6.14. The number of hydrogen-bond donors (Lipinski definition) is 2. The number of benzene rings is 1. The lowest BCUT2D eigenvalue weighted by molar-refractivity contribution is -0.154. The van der Waals surface area contributed by atoms with Gasteiger partial charge in [0.2, 0.25) is 5.88 Å². The molecule has 1 aliphatic rings. The molecule has 0 fully saturated rings. The summed E-state index contributed by atoms with van der Waals surface area (Å²) in [6.07, 6.45) is -2.28. The highest BCUT2D eigenvalue weighted by Gasteiger charge is 2.28. The number of nitrogens with zero attached hydrogens (tertiary/aromatic N) is 1. The molecule has 0 radical (unpaired) electrons. The number of carbonyl (C=O) groups is 1. The zero-order valence-corrected chi connectivity index (χ0v) is 14.5. The number of hydrogen-bond acceptors (Lipinski definition) is 4. The number of para-hydroxylation sites is 1. The van der Waals surface area contributed by atoms with Crippen molar-refractivity contribution >= 4 is 11.7 Å². The first-order chi connectivity index (χ1) is 12.8. The van der Waals surface area contributed by atoms with Gasteiger partial charge in [0.15, 0.2) is 6.61 Å². The zero-order valence-electron chi connectivity index (χ0n) is 14.5. The fourth-order valence-corrected chi connectivity index (χ4v) is 2.68. The lowest BCUT2D eigenvalue weighted by Gasteiger charge is -2.12. The van der Waals surface area contributed by atoms with E-state index < -0.39 is 18.8 Å². The van der Waals surface area contributed by atoms with E-state index >= 15 is 0 Å². The quantitative estimate of drug-likeness (QED) is 0.829. The van der Waals surface area contributed by atoms with Crippen LogP contribution in [0.5, 0.6) is 11.6 Å². The first-order valence-electron chi connectivity index (χ1n) is 8.28. The Morgan fingerprint density at radius 1 is 1.37 bits per heavy atom. The summed E-state index contributed by atoms with van der Waals surface area (Å²) in [5.41, 5.74) is 2.15. The first-order valence-corrected chi connectivity index (χ1v) is 8.28. The van der Waals surface area contributed by atoms with Crippen molar-refractivity contribution in [3.8, 4) is 11.6 Å². The molecule has 0 bridgehead atoms. The Hall–Kier alpha value is -2.97. The number of carbonyl (C=O) groups excluding carboxylic acids is 1. The van der Waals surface area contributed by atoms with E-state index in [0.29, 0.717) is 17.0 Å². The van der Waals surface area contributed by atoms with E-state index in [0.717, 1.165) is 12.0 Å². The molecule has 0 spiro atoms. The van der Waals surface area contributed by atoms with Crippen molar-refractivity contribution in [3.05, 3.63) is 47.7 Å². The van der Waals surface area contributed by atoms with Crippen LogP contribution in [0, 0.1) is 0 Å². The third-order valence-electron chi connectivity index (χ3n) is 3.81. The molecule has 3 rings (SSSR count). The lowest BCUT2D eigenvalue weighted by Crippen LogP contribution is -2.28. The maximum Gasteiger partial charge on any atom is 0.422 e. The molecule has 0 saturated carbocycles. The van der Waals surface area contributed by atoms with Crippen molar-refractivity contribution in [2.45, 2.75) is 32.2 Å². The van der Waals surface area contributed by atoms with Crippen molar-refractivity contribution in [2.24, 2.45) is 0 Å². The normalized spacial score (nSPS) is 15.6. The number of rotatable bonds is 5. The second-order valence-corrected chi connectivity index (χ2v) is 6.14. The van der Waals surface area contributed by atoms with Crippen molar-refractivity contribution in [2.75, 3.05) is 11.9 Å². The first kappa shape index (κ1) is 18.8. The number of halogens is 3. The van der Waals surface area contributed by atoms with Crippen LogP contribution >= 0.6 is 0 Å². The maximum absolute atomic E-state index is 12.2. The van der Waals surface area contributed by atoms with Gasteiger partial charge < -0.3 is 20.1 Å². The number of amides is 2. The van der Waals surface area contributed by atoms with Crippen molar-refractivity contribution in [3.63, 3.8) is 0 Å². The molecule has 144 valence electrons. The smallest absolute Gasteiger partial charge is 0.422 e. The minimum absolute atomic E-state index is 0.0537. The Morgan fingerprint density at radius 2 is 2.19 bits per heavy atom. The average Bonchev–Trinajstić information content (AvgIpc) is 2.99. The molecule has 9 heteroatoms. The largest absolute Gasteiger partial charge is 0.488 e. The van der Waals surface area contributed by atoms with Crippen LogP contribution in [0.15, 0.2) is 36.5 Å². The summed E-state index contributed by atoms with van der Waals surface area (Å²) in [4.78, 5) is 15.9. The van der Waals surface area contributed by atoms with Gasteiger partial charge in [0.1, 0.15) is 11.9 Å². The number of aromatic nitrogens is 1. The molecule has 6 nitrogen and oxygen atoms in total. The third-order valence-corrected chi connectivity index (χ3v) is 3.81. The third kappa shape index (κ3) is 5.25. The van der Waals surface area contributed by atoms with E-state index in [-0.39, 0.29) is 18.5 Å². The highest BCUT2D eigenvalue weighted by molar-refractivity contribution is 5.91. The van der Waals surface area contributed by atoms with Crippen molar-refractivity contribution in [1.82, 2.24) is 10.3 Å². The number of alkyl halides is 3. The molecule has 1 aromatic heterocycles. The molecule has 2 aromatic rings. The summed E-state index contributed by atoms with van der Waals surface area (Å²) in [6, 6.07) is 7.99. The average molecular weight is 381 g/mol. The van der Waals surface area contributed by atoms with Gasteiger partial charge in [-0.1, -0.05) is 12.1 Å². The van der Waals surface area contributed by atoms with Crippen LogP contribution in [-0.2, 0) is 13.0 Å². The molecular formula is C18H18F3N3O3. The fraction of sp³-hybridized carbons (Fsp3) is 0.333. The van der Waals surface area contributed by atoms with Gasteiger partial charge in [-0.3, -0.25) is 0 Å². The lowest BCUT2D eigenvalue weighted by atomic mass is 10.1. The maximum atomic E-state index is 12.2. The van der Waals surface area contributed by atoms with E-state index in [1.165, 1.54) is 12.3 Å². The summed E-state index contributed by atoms with van der Waals surface area (Å²) in [5, 5.41) is 5.36. The molecule has 2 heterocycles. The molecule has 1 aromatic carbocycles. The van der Waals surface area contributed by atoms with Crippen LogP contribution in [0.2, 0.25) is 0 Å². The van der Waals surface area contributed by atoms with Gasteiger partial charge in [0.25, 0.3) is 0 Å². The minimum atomic E-state index is -4.44. The van der Waals surface area contributed by atoms with E-state index in [9.17, 15) is 18.0 Å². The highest BCUT2D eigenvalue weighted by Crippen LogP contribution is 2.35. The second kappa shape index (κ2) is 7.73. The van der Waals surface area contributed by atoms with Gasteiger partial charge in [0, 0.05) is 25.2 Å². The van der Waals surface area contributed by atoms with Gasteiger partial charge in [-0.05, 0) is 30.2 Å². The molecule has 2 amide bonds. The Kier molecular flexibility index (Phi) is 5.38. The summed E-state index contributed by atoms with van der Waals surface area (Å²) in [5.74, 6) is 0.502. The topological polar surface area (TPSA) is 72.5 Å². The Morgan fingerprint density at radius 3 is 2.96 bits per heavy atom. The van der Waals surface area contributed by atoms with E-state index in [2.05, 4.69) is 20.4 Å². The molecule has 27 heavy (non-hydrogen) atoms. The number of nitrogens with one attached hydrogen (secondary N) is 2. The van der Waals surface area contributed by atoms with Gasteiger partial charge in [-0.15, -0.1) is 0 Å². The van der Waals surface area contributed by atoms with Crippen LogP contribution in [0.3, 0.4) is 0 Å². The van der Waals surface area contributed by atoms with E-state index in [1.54, 1.807) is 12.1 Å². The molecule has 1 aliphatic heterocycles. The molecule has 0 aliphatic carbocycles. The van der Waals surface area contributed by atoms with Crippen LogP contribution in [0.1, 0.15) is 18.1 Å². The van der Waals surface area contributed by atoms with E-state index in [1.807, 2.05) is 19.1 Å². The van der Waals surface area contributed by atoms with Crippen LogP contribution in [0.25, 0.3) is 0 Å². The highest BCUT2D eigenvalue weighted by atomic mass is 19.4. The number of urea groups is 1. The molecular weight excluding hydrogens is 363 g/mol. The molecule has 1 unspecified atom stereocenters. The summed E-state index contributed by atoms with van der Waals surface area (Å²) in [7, 11) is 0. The Balaban J connectivity index is 1.55. The SMILES string of the molecule is CC1Cc2cccc(NC(=O)NCc3ccnc(OCC(F)(F)F)c3)c2O1. The zero-order chi connectivity index (χ0) is 19.4. The van der Waals surface area contributed by atoms with Gasteiger partial charge in [-0.25, -0.2) is 9.78 Å². The number of fused-ring (bicyclic) bond motifs is 1. The molecule has 0 saturated heterocycles. The molecule has 1 atom stereocenters. The summed E-state index contributed by atoms with van der Waals surface area (Å²) < 4.78 is 46.9. The number of pyridine rings is 1. The fourth-order valence-electron chi connectivity index (χ4n) is 2.68. The Bertz CT molecular complexity index is 827. The number of ether oxygens (including phenoxy) is 2. The monoisotopic (exact) mass is 381 g/mol. The van der Waals surface area contributed by atoms with Crippen LogP contribution in [-0.4, -0.2) is 29.9 Å². The standard InChI is InChI=1S/C18H18F3N3O3/c1-11-7-13-3-2-4-14(16(13)27-11)24-17(25)23-9-12-5-6-22-15(8-12)26-10-18(19,20)21/h2-6,8,11H,7,9-10H2,1H3,(H2,23,24,25). The molecule has 2 N–H and O–H groups in total. The van der Waals surface area contributed by atoms with Crippen molar-refractivity contribution < 1.29 is 27.4 Å². The predicted octanol–water partition coefficient (Wildman–Crippen LogP) is 3.67. The van der Waals surface area contributed by atoms with Gasteiger partial charge in [-0.2, -0.15) is 13.2 Å². The van der Waals surface area contributed by atoms with Crippen LogP contribution in [0.4, 0.5) is 23.7 Å². The summed E-state index contributed by atoms with van der Waals surface area (Å²) >= 11 is 0. The Labute approximate surface area is 153 Å². The van der Waals surface area contributed by atoms with Gasteiger partial charge in [0.05, 0.1) is 5.69 Å². The van der Waals surface area contributed by atoms with Crippen LogP contribution < -0.4 is 20.1 Å². The van der Waals surface area contributed by atoms with E-state index in [4.69, 9.17) is 4.74 Å². The predicted molar refractivity (Wildman–Crippen MR) is 91.9 cm³/mol. The van der Waals surface area contributed by atoms with Crippen molar-refractivity contribution in [1.29, 1.82) is 0 Å². The van der Waals surface area contributed by atoms with Gasteiger partial charge >= 0.3 is 12.2 Å². The minimum Gasteiger partial charge on any atom is -0.488 e.